The summed E-state index contributed by atoms with van der Waals surface area (Å²) in [4.78, 5) is 0. The molecule has 0 unspecified atom stereocenters. The normalized spacial score (nSPS) is 11.1. The molecule has 0 aliphatic carbocycles. The Morgan fingerprint density at radius 2 is 0.667 bits per heavy atom. The Kier molecular flexibility index (Phi) is 11.6. The molecule has 1 heteroatoms. The van der Waals surface area contributed by atoms with E-state index in [0.717, 1.165) is 5.69 Å². The molecule has 66 heavy (non-hydrogen) atoms. The van der Waals surface area contributed by atoms with Gasteiger partial charge in [0.15, 0.2) is 0 Å². The quantitative estimate of drug-likeness (QED) is 0.152. The number of hydrogen-bond donors (Lipinski definition) is 0. The Bertz CT molecular complexity index is 3630. The van der Waals surface area contributed by atoms with Crippen LogP contribution in [0.4, 0.5) is 0 Å². The summed E-state index contributed by atoms with van der Waals surface area (Å²) in [6.45, 7) is 10.5. The molecule has 12 aromatic rings. The molecule has 0 bridgehead atoms. The van der Waals surface area contributed by atoms with E-state index in [1.807, 2.05) is 32.0 Å². The van der Waals surface area contributed by atoms with E-state index < -0.39 is 0 Å². The van der Waals surface area contributed by atoms with Gasteiger partial charge in [0.25, 0.3) is 0 Å². The van der Waals surface area contributed by atoms with Crippen molar-refractivity contribution in [2.24, 2.45) is 0 Å². The third kappa shape index (κ3) is 7.84. The largest absolute Gasteiger partial charge is 0.309 e. The predicted octanol–water partition coefficient (Wildman–Crippen LogP) is 18.5. The summed E-state index contributed by atoms with van der Waals surface area (Å²) in [5, 5.41) is 10.3. The summed E-state index contributed by atoms with van der Waals surface area (Å²) >= 11 is 0. The van der Waals surface area contributed by atoms with Crippen molar-refractivity contribution in [2.75, 3.05) is 0 Å². The molecular weight excluding hydrogens is 795 g/mol. The maximum absolute atomic E-state index is 2.41. The van der Waals surface area contributed by atoms with Gasteiger partial charge in [-0.25, -0.2) is 0 Å². The number of nitrogens with zero attached hydrogens (tertiary/aromatic N) is 1. The van der Waals surface area contributed by atoms with E-state index in [2.05, 4.69) is 238 Å². The number of aryl methyl sites for hydroxylation is 3. The zero-order valence-corrected chi connectivity index (χ0v) is 38.4. The van der Waals surface area contributed by atoms with Crippen molar-refractivity contribution >= 4 is 54.1 Å². The Labute approximate surface area is 388 Å². The van der Waals surface area contributed by atoms with Crippen molar-refractivity contribution in [1.82, 2.24) is 4.57 Å². The molecule has 0 saturated heterocycles. The standard InChI is InChI=1S/C56H39N.C7H8.C2H6/c1-36-11-3-4-12-45(36)46-30-25-41(33-37(46)2)38-19-21-39(22-20-38)43-27-32-56-54(35-43)52-17-9-10-18-55(52)57(56)44-28-23-40(24-29-44)42-26-31-51-49-15-6-5-13-47(49)48-14-7-8-16-50(48)53(51)34-42;1-7-5-3-2-4-6-7;1-2/h3-35H,1-2H3;2-6H,1H3;1-2H3. The van der Waals surface area contributed by atoms with Crippen LogP contribution in [0.3, 0.4) is 0 Å². The Hall–Kier alpha value is -8.00. The van der Waals surface area contributed by atoms with E-state index >= 15 is 0 Å². The minimum Gasteiger partial charge on any atom is -0.309 e. The highest BCUT2D eigenvalue weighted by Crippen LogP contribution is 2.39. The van der Waals surface area contributed by atoms with Crippen LogP contribution in [0.25, 0.3) is 104 Å². The Morgan fingerprint density at radius 1 is 0.258 bits per heavy atom. The van der Waals surface area contributed by atoms with Gasteiger partial charge in [-0.1, -0.05) is 214 Å². The first-order valence-electron chi connectivity index (χ1n) is 23.2. The molecule has 0 aliphatic rings. The number of benzene rings is 11. The van der Waals surface area contributed by atoms with Gasteiger partial charge in [0.2, 0.25) is 0 Å². The second-order valence-electron chi connectivity index (χ2n) is 17.1. The summed E-state index contributed by atoms with van der Waals surface area (Å²) < 4.78 is 2.41. The third-order valence-electron chi connectivity index (χ3n) is 13.0. The number of fused-ring (bicyclic) bond motifs is 9. The zero-order valence-electron chi connectivity index (χ0n) is 38.4. The highest BCUT2D eigenvalue weighted by atomic mass is 15.0. The molecular formula is C65H53N. The van der Waals surface area contributed by atoms with Crippen molar-refractivity contribution in [3.63, 3.8) is 0 Å². The van der Waals surface area contributed by atoms with Crippen LogP contribution in [0.5, 0.6) is 0 Å². The fraction of sp³-hybridized carbons (Fsp3) is 0.0769. The van der Waals surface area contributed by atoms with E-state index in [1.54, 1.807) is 0 Å². The monoisotopic (exact) mass is 847 g/mol. The molecule has 1 heterocycles. The summed E-state index contributed by atoms with van der Waals surface area (Å²) in [5.74, 6) is 0. The van der Waals surface area contributed by atoms with Crippen molar-refractivity contribution in [1.29, 1.82) is 0 Å². The van der Waals surface area contributed by atoms with Crippen molar-refractivity contribution in [3.05, 3.63) is 247 Å². The molecule has 318 valence electrons. The second-order valence-corrected chi connectivity index (χ2v) is 17.1. The average Bonchev–Trinajstić information content (AvgIpc) is 3.71. The van der Waals surface area contributed by atoms with Crippen LogP contribution in [0.15, 0.2) is 231 Å². The summed E-state index contributed by atoms with van der Waals surface area (Å²) in [7, 11) is 0. The minimum atomic E-state index is 1.16. The van der Waals surface area contributed by atoms with Crippen molar-refractivity contribution in [2.45, 2.75) is 34.6 Å². The van der Waals surface area contributed by atoms with Gasteiger partial charge in [-0.05, 0) is 145 Å². The van der Waals surface area contributed by atoms with Crippen LogP contribution in [0.2, 0.25) is 0 Å². The molecule has 12 rings (SSSR count). The summed E-state index contributed by atoms with van der Waals surface area (Å²) in [6, 6.07) is 84.1. The first-order valence-corrected chi connectivity index (χ1v) is 23.2. The van der Waals surface area contributed by atoms with Crippen molar-refractivity contribution < 1.29 is 0 Å². The lowest BCUT2D eigenvalue weighted by Gasteiger charge is -2.13. The van der Waals surface area contributed by atoms with Gasteiger partial charge in [-0.2, -0.15) is 0 Å². The highest BCUT2D eigenvalue weighted by molar-refractivity contribution is 6.25. The highest BCUT2D eigenvalue weighted by Gasteiger charge is 2.15. The molecule has 0 spiro atoms. The number of aromatic nitrogens is 1. The van der Waals surface area contributed by atoms with Gasteiger partial charge in [-0.3, -0.25) is 0 Å². The molecule has 0 atom stereocenters. The van der Waals surface area contributed by atoms with E-state index in [4.69, 9.17) is 0 Å². The van der Waals surface area contributed by atoms with Crippen LogP contribution in [-0.4, -0.2) is 4.57 Å². The summed E-state index contributed by atoms with van der Waals surface area (Å²) in [6.07, 6.45) is 0. The average molecular weight is 848 g/mol. The van der Waals surface area contributed by atoms with Crippen LogP contribution in [-0.2, 0) is 0 Å². The number of para-hydroxylation sites is 1. The fourth-order valence-corrected chi connectivity index (χ4v) is 9.73. The minimum absolute atomic E-state index is 1.16. The van der Waals surface area contributed by atoms with Gasteiger partial charge >= 0.3 is 0 Å². The fourth-order valence-electron chi connectivity index (χ4n) is 9.73. The maximum atomic E-state index is 2.41. The number of rotatable bonds is 5. The molecule has 0 N–H and O–H groups in total. The topological polar surface area (TPSA) is 4.93 Å². The SMILES string of the molecule is CC.Cc1ccccc1.Cc1ccccc1-c1ccc(-c2ccc(-c3ccc4c(c3)c3ccccc3n4-c3ccc(-c4ccc5c6ccccc6c6ccccc6c5c4)cc3)cc2)cc1C. The molecule has 0 fully saturated rings. The van der Waals surface area contributed by atoms with Gasteiger partial charge in [0.05, 0.1) is 11.0 Å². The van der Waals surface area contributed by atoms with E-state index in [0.29, 0.717) is 0 Å². The summed E-state index contributed by atoms with van der Waals surface area (Å²) in [5.41, 5.74) is 17.4. The third-order valence-corrected chi connectivity index (χ3v) is 13.0. The maximum Gasteiger partial charge on any atom is 0.0541 e. The molecule has 0 aliphatic heterocycles. The molecule has 1 nitrogen and oxygen atoms in total. The Morgan fingerprint density at radius 3 is 1.24 bits per heavy atom. The molecule has 11 aromatic carbocycles. The van der Waals surface area contributed by atoms with Gasteiger partial charge in [0, 0.05) is 16.5 Å². The van der Waals surface area contributed by atoms with Crippen LogP contribution in [0, 0.1) is 20.8 Å². The molecule has 0 saturated carbocycles. The van der Waals surface area contributed by atoms with Crippen LogP contribution >= 0.6 is 0 Å². The van der Waals surface area contributed by atoms with Gasteiger partial charge < -0.3 is 4.57 Å². The lowest BCUT2D eigenvalue weighted by atomic mass is 9.92. The predicted molar refractivity (Wildman–Crippen MR) is 287 cm³/mol. The Balaban J connectivity index is 0.000000517. The van der Waals surface area contributed by atoms with E-state index in [9.17, 15) is 0 Å². The van der Waals surface area contributed by atoms with Gasteiger partial charge in [-0.15, -0.1) is 0 Å². The molecule has 0 radical (unpaired) electrons. The zero-order chi connectivity index (χ0) is 45.1. The molecule has 1 aromatic heterocycles. The molecule has 0 amide bonds. The first-order chi connectivity index (χ1) is 32.5. The van der Waals surface area contributed by atoms with E-state index in [1.165, 1.54) is 115 Å². The first kappa shape index (κ1) is 42.0. The lowest BCUT2D eigenvalue weighted by molar-refractivity contribution is 1.18. The number of hydrogen-bond acceptors (Lipinski definition) is 0. The second kappa shape index (κ2) is 18.2. The lowest BCUT2D eigenvalue weighted by Crippen LogP contribution is -1.93. The van der Waals surface area contributed by atoms with Crippen LogP contribution in [0.1, 0.15) is 30.5 Å². The van der Waals surface area contributed by atoms with Gasteiger partial charge in [0.1, 0.15) is 0 Å². The van der Waals surface area contributed by atoms with Crippen LogP contribution < -0.4 is 0 Å². The van der Waals surface area contributed by atoms with Crippen molar-refractivity contribution in [3.8, 4) is 50.2 Å². The smallest absolute Gasteiger partial charge is 0.0541 e. The van der Waals surface area contributed by atoms with E-state index in [-0.39, 0.29) is 0 Å².